The molecule has 0 saturated heterocycles. The molecule has 1 fully saturated rings. The molecular weight excluding hydrogens is 310 g/mol. The van der Waals surface area contributed by atoms with E-state index in [0.717, 1.165) is 12.8 Å². The second-order valence-corrected chi connectivity index (χ2v) is 7.80. The highest BCUT2D eigenvalue weighted by Gasteiger charge is 2.20. The monoisotopic (exact) mass is 331 g/mol. The molecule has 23 heavy (non-hydrogen) atoms. The van der Waals surface area contributed by atoms with Crippen LogP contribution in [0.1, 0.15) is 38.5 Å². The lowest BCUT2D eigenvalue weighted by molar-refractivity contribution is 0.589. The molecule has 1 aromatic carbocycles. The molecule has 0 atom stereocenters. The van der Waals surface area contributed by atoms with Gasteiger partial charge in [0.2, 0.25) is 9.84 Å². The van der Waals surface area contributed by atoms with Gasteiger partial charge in [0.05, 0.1) is 4.90 Å². The van der Waals surface area contributed by atoms with Gasteiger partial charge in [0.15, 0.2) is 5.03 Å². The normalized spacial score (nSPS) is 16.7. The van der Waals surface area contributed by atoms with Crippen LogP contribution in [0.15, 0.2) is 52.4 Å². The van der Waals surface area contributed by atoms with Crippen LogP contribution in [0, 0.1) is 0 Å². The van der Waals surface area contributed by atoms with Gasteiger partial charge in [-0.25, -0.2) is 8.42 Å². The first-order chi connectivity index (χ1) is 11.2. The number of hydrogen-bond acceptors (Lipinski definition) is 5. The zero-order chi connectivity index (χ0) is 16.1. The molecule has 6 heteroatoms. The number of nitrogens with one attached hydrogen (secondary N) is 1. The van der Waals surface area contributed by atoms with Gasteiger partial charge < -0.3 is 5.32 Å². The molecule has 2 aromatic rings. The maximum absolute atomic E-state index is 12.5. The van der Waals surface area contributed by atoms with Gasteiger partial charge in [-0.1, -0.05) is 43.9 Å². The summed E-state index contributed by atoms with van der Waals surface area (Å²) in [7, 11) is -3.60. The largest absolute Gasteiger partial charge is 0.366 e. The van der Waals surface area contributed by atoms with Crippen molar-refractivity contribution < 1.29 is 8.42 Å². The van der Waals surface area contributed by atoms with Gasteiger partial charge in [0.25, 0.3) is 0 Å². The Morgan fingerprint density at radius 2 is 1.57 bits per heavy atom. The number of anilines is 1. The molecule has 5 nitrogen and oxygen atoms in total. The Bertz CT molecular complexity index is 722. The van der Waals surface area contributed by atoms with Crippen LogP contribution >= 0.6 is 0 Å². The Morgan fingerprint density at radius 3 is 2.17 bits per heavy atom. The van der Waals surface area contributed by atoms with Crippen LogP contribution < -0.4 is 5.32 Å². The average Bonchev–Trinajstić information content (AvgIpc) is 2.85. The van der Waals surface area contributed by atoms with E-state index >= 15 is 0 Å². The molecule has 0 bridgehead atoms. The van der Waals surface area contributed by atoms with E-state index in [9.17, 15) is 8.42 Å². The molecule has 1 heterocycles. The Labute approximate surface area is 137 Å². The molecule has 1 aromatic heterocycles. The number of rotatable bonds is 4. The molecule has 0 unspecified atom stereocenters. The van der Waals surface area contributed by atoms with Gasteiger partial charge in [-0.05, 0) is 37.1 Å². The smallest absolute Gasteiger partial charge is 0.225 e. The SMILES string of the molecule is O=S(=O)(c1ccccc1)c1ccc(NC2CCCCCC2)nn1. The van der Waals surface area contributed by atoms with E-state index in [4.69, 9.17) is 0 Å². The maximum atomic E-state index is 12.5. The summed E-state index contributed by atoms with van der Waals surface area (Å²) in [4.78, 5) is 0.235. The second-order valence-electron chi connectivity index (χ2n) is 5.91. The number of aromatic nitrogens is 2. The van der Waals surface area contributed by atoms with E-state index < -0.39 is 9.84 Å². The molecule has 1 N–H and O–H groups in total. The second kappa shape index (κ2) is 7.08. The first kappa shape index (κ1) is 15.9. The van der Waals surface area contributed by atoms with Crippen LogP contribution in [0.4, 0.5) is 5.82 Å². The third-order valence-corrected chi connectivity index (χ3v) is 5.84. The highest BCUT2D eigenvalue weighted by molar-refractivity contribution is 7.91. The molecule has 1 aliphatic rings. The van der Waals surface area contributed by atoms with Crippen molar-refractivity contribution in [2.45, 2.75) is 54.5 Å². The Morgan fingerprint density at radius 1 is 0.870 bits per heavy atom. The van der Waals surface area contributed by atoms with E-state index in [0.29, 0.717) is 11.9 Å². The minimum absolute atomic E-state index is 0.0184. The fourth-order valence-corrected chi connectivity index (χ4v) is 4.05. The van der Waals surface area contributed by atoms with Crippen LogP contribution in [-0.2, 0) is 9.84 Å². The summed E-state index contributed by atoms with van der Waals surface area (Å²) in [6, 6.07) is 11.9. The minimum atomic E-state index is -3.60. The van der Waals surface area contributed by atoms with Crippen molar-refractivity contribution in [1.82, 2.24) is 10.2 Å². The van der Waals surface area contributed by atoms with Gasteiger partial charge in [0, 0.05) is 6.04 Å². The van der Waals surface area contributed by atoms with Crippen molar-refractivity contribution in [2.75, 3.05) is 5.32 Å². The molecule has 1 aliphatic carbocycles. The van der Waals surface area contributed by atoms with E-state index in [2.05, 4.69) is 15.5 Å². The lowest BCUT2D eigenvalue weighted by Crippen LogP contribution is -2.19. The van der Waals surface area contributed by atoms with Crippen molar-refractivity contribution in [3.63, 3.8) is 0 Å². The van der Waals surface area contributed by atoms with Gasteiger partial charge >= 0.3 is 0 Å². The van der Waals surface area contributed by atoms with E-state index in [1.165, 1.54) is 31.7 Å². The van der Waals surface area contributed by atoms with Crippen molar-refractivity contribution in [1.29, 1.82) is 0 Å². The highest BCUT2D eigenvalue weighted by Crippen LogP contribution is 2.22. The van der Waals surface area contributed by atoms with Crippen molar-refractivity contribution in [3.8, 4) is 0 Å². The molecule has 0 amide bonds. The highest BCUT2D eigenvalue weighted by atomic mass is 32.2. The van der Waals surface area contributed by atoms with Crippen LogP contribution in [0.25, 0.3) is 0 Å². The molecule has 3 rings (SSSR count). The lowest BCUT2D eigenvalue weighted by Gasteiger charge is -2.16. The van der Waals surface area contributed by atoms with E-state index in [1.54, 1.807) is 36.4 Å². The number of nitrogens with zero attached hydrogens (tertiary/aromatic N) is 2. The number of sulfone groups is 1. The first-order valence-electron chi connectivity index (χ1n) is 8.07. The van der Waals surface area contributed by atoms with Crippen molar-refractivity contribution in [2.24, 2.45) is 0 Å². The fraction of sp³-hybridized carbons (Fsp3) is 0.412. The predicted octanol–water partition coefficient (Wildman–Crippen LogP) is 3.44. The van der Waals surface area contributed by atoms with Crippen LogP contribution in [0.2, 0.25) is 0 Å². The van der Waals surface area contributed by atoms with Crippen LogP contribution in [0.5, 0.6) is 0 Å². The predicted molar refractivity (Wildman–Crippen MR) is 89.0 cm³/mol. The minimum Gasteiger partial charge on any atom is -0.366 e. The van der Waals surface area contributed by atoms with E-state index in [-0.39, 0.29) is 9.92 Å². The third kappa shape index (κ3) is 3.88. The quantitative estimate of drug-likeness (QED) is 0.869. The summed E-state index contributed by atoms with van der Waals surface area (Å²) in [5, 5.41) is 11.3. The number of benzene rings is 1. The fourth-order valence-electron chi connectivity index (χ4n) is 2.89. The molecule has 0 spiro atoms. The summed E-state index contributed by atoms with van der Waals surface area (Å²) in [6.45, 7) is 0. The first-order valence-corrected chi connectivity index (χ1v) is 9.55. The number of hydrogen-bond donors (Lipinski definition) is 1. The Kier molecular flexibility index (Phi) is 4.91. The Balaban J connectivity index is 1.74. The standard InChI is InChI=1S/C17H21N3O2S/c21-23(22,15-10-6-3-7-11-15)17-13-12-16(19-20-17)18-14-8-4-1-2-5-9-14/h3,6-7,10-14H,1-2,4-5,8-9H2,(H,18,19). The lowest BCUT2D eigenvalue weighted by atomic mass is 10.1. The van der Waals surface area contributed by atoms with Gasteiger partial charge in [-0.3, -0.25) is 0 Å². The molecule has 0 aliphatic heterocycles. The average molecular weight is 331 g/mol. The van der Waals surface area contributed by atoms with Crippen molar-refractivity contribution >= 4 is 15.7 Å². The van der Waals surface area contributed by atoms with Crippen LogP contribution in [0.3, 0.4) is 0 Å². The summed E-state index contributed by atoms with van der Waals surface area (Å²) in [5.74, 6) is 0.643. The summed E-state index contributed by atoms with van der Waals surface area (Å²) in [6.07, 6.45) is 7.30. The third-order valence-electron chi connectivity index (χ3n) is 4.18. The summed E-state index contributed by atoms with van der Waals surface area (Å²) < 4.78 is 24.9. The molecule has 1 saturated carbocycles. The zero-order valence-corrected chi connectivity index (χ0v) is 13.8. The zero-order valence-electron chi connectivity index (χ0n) is 13.0. The molecular formula is C17H21N3O2S. The molecule has 122 valence electrons. The Hall–Kier alpha value is -1.95. The maximum Gasteiger partial charge on any atom is 0.225 e. The van der Waals surface area contributed by atoms with Gasteiger partial charge in [0.1, 0.15) is 5.82 Å². The topological polar surface area (TPSA) is 72.0 Å². The summed E-state index contributed by atoms with van der Waals surface area (Å²) >= 11 is 0. The summed E-state index contributed by atoms with van der Waals surface area (Å²) in [5.41, 5.74) is 0. The van der Waals surface area contributed by atoms with Gasteiger partial charge in [-0.2, -0.15) is 0 Å². The molecule has 0 radical (unpaired) electrons. The van der Waals surface area contributed by atoms with Crippen molar-refractivity contribution in [3.05, 3.63) is 42.5 Å². The van der Waals surface area contributed by atoms with E-state index in [1.807, 2.05) is 0 Å². The van der Waals surface area contributed by atoms with Crippen LogP contribution in [-0.4, -0.2) is 24.7 Å². The van der Waals surface area contributed by atoms with Gasteiger partial charge in [-0.15, -0.1) is 10.2 Å².